The Bertz CT molecular complexity index is 1030. The molecule has 1 N–H and O–H groups in total. The van der Waals surface area contributed by atoms with Crippen LogP contribution in [0, 0.1) is 11.3 Å². The third-order valence-corrected chi connectivity index (χ3v) is 5.37. The number of benzene rings is 1. The number of ether oxygens (including phenoxy) is 1. The highest BCUT2D eigenvalue weighted by Gasteiger charge is 2.30. The summed E-state index contributed by atoms with van der Waals surface area (Å²) < 4.78 is 5.27. The number of nitrogens with one attached hydrogen (secondary N) is 1. The van der Waals surface area contributed by atoms with Gasteiger partial charge in [0.15, 0.2) is 0 Å². The molecule has 0 bridgehead atoms. The Kier molecular flexibility index (Phi) is 5.02. The number of nitriles is 1. The number of nitrogens with zero attached hydrogens (tertiary/aromatic N) is 3. The summed E-state index contributed by atoms with van der Waals surface area (Å²) in [6, 6.07) is 12.8. The first kappa shape index (κ1) is 18.1. The van der Waals surface area contributed by atoms with Gasteiger partial charge in [-0.3, -0.25) is 9.59 Å². The summed E-state index contributed by atoms with van der Waals surface area (Å²) in [6.07, 6.45) is 0. The van der Waals surface area contributed by atoms with E-state index >= 15 is 0 Å². The van der Waals surface area contributed by atoms with E-state index in [-0.39, 0.29) is 23.1 Å². The monoisotopic (exact) mass is 392 g/mol. The summed E-state index contributed by atoms with van der Waals surface area (Å²) in [4.78, 5) is 31.9. The van der Waals surface area contributed by atoms with Crippen LogP contribution in [-0.4, -0.2) is 48.9 Å². The number of amidine groups is 1. The van der Waals surface area contributed by atoms with Crippen LogP contribution in [0.15, 0.2) is 52.3 Å². The van der Waals surface area contributed by atoms with Gasteiger partial charge in [0.25, 0.3) is 11.8 Å². The molecule has 1 aromatic heterocycles. The molecule has 0 unspecified atom stereocenters. The second-order valence-electron chi connectivity index (χ2n) is 6.18. The van der Waals surface area contributed by atoms with Gasteiger partial charge < -0.3 is 15.0 Å². The number of fused-ring (bicyclic) bond motifs is 1. The van der Waals surface area contributed by atoms with Crippen molar-refractivity contribution >= 4 is 34.7 Å². The Balaban J connectivity index is 1.72. The molecule has 4 rings (SSSR count). The Labute approximate surface area is 165 Å². The third kappa shape index (κ3) is 3.33. The van der Waals surface area contributed by atoms with Crippen molar-refractivity contribution in [3.8, 4) is 6.07 Å². The normalized spacial score (nSPS) is 17.4. The van der Waals surface area contributed by atoms with Crippen LogP contribution in [-0.2, 0) is 9.53 Å². The van der Waals surface area contributed by atoms with Gasteiger partial charge in [0.1, 0.15) is 17.5 Å². The standard InChI is InChI=1S/C20H16N4O3S/c21-12-15(20(26)24-7-9-27-10-8-24)17-13-4-1-2-5-14(13)18(22-17)23-19(25)16-6-3-11-28-16/h1-6,11H,7-10H2,(H,22,23,25)/b17-15+. The summed E-state index contributed by atoms with van der Waals surface area (Å²) in [5.41, 5.74) is 1.60. The van der Waals surface area contributed by atoms with Gasteiger partial charge in [-0.2, -0.15) is 5.26 Å². The summed E-state index contributed by atoms with van der Waals surface area (Å²) in [7, 11) is 0. The largest absolute Gasteiger partial charge is 0.378 e. The lowest BCUT2D eigenvalue weighted by atomic mass is 10.0. The molecule has 7 nitrogen and oxygen atoms in total. The first-order valence-electron chi connectivity index (χ1n) is 8.73. The van der Waals surface area contributed by atoms with Crippen molar-refractivity contribution in [3.05, 3.63) is 63.4 Å². The minimum atomic E-state index is -0.370. The molecule has 0 aliphatic carbocycles. The van der Waals surface area contributed by atoms with Gasteiger partial charge in [0.2, 0.25) is 0 Å². The first-order chi connectivity index (χ1) is 13.7. The Morgan fingerprint density at radius 1 is 1.14 bits per heavy atom. The minimum Gasteiger partial charge on any atom is -0.378 e. The number of morpholine rings is 1. The van der Waals surface area contributed by atoms with Crippen molar-refractivity contribution in [2.24, 2.45) is 4.99 Å². The molecule has 0 saturated carbocycles. The summed E-state index contributed by atoms with van der Waals surface area (Å²) >= 11 is 1.33. The quantitative estimate of drug-likeness (QED) is 0.625. The number of amides is 2. The van der Waals surface area contributed by atoms with Crippen LogP contribution in [0.2, 0.25) is 0 Å². The van der Waals surface area contributed by atoms with Crippen molar-refractivity contribution in [1.82, 2.24) is 10.2 Å². The smallest absolute Gasteiger partial charge is 0.266 e. The second-order valence-corrected chi connectivity index (χ2v) is 7.13. The van der Waals surface area contributed by atoms with E-state index in [2.05, 4.69) is 10.3 Å². The van der Waals surface area contributed by atoms with Crippen LogP contribution in [0.5, 0.6) is 0 Å². The van der Waals surface area contributed by atoms with E-state index in [9.17, 15) is 14.9 Å². The van der Waals surface area contributed by atoms with E-state index in [1.807, 2.05) is 29.6 Å². The average molecular weight is 392 g/mol. The van der Waals surface area contributed by atoms with Crippen molar-refractivity contribution in [1.29, 1.82) is 5.26 Å². The summed E-state index contributed by atoms with van der Waals surface area (Å²) in [5, 5.41) is 14.3. The Morgan fingerprint density at radius 2 is 1.89 bits per heavy atom. The van der Waals surface area contributed by atoms with Gasteiger partial charge in [-0.25, -0.2) is 4.99 Å². The van der Waals surface area contributed by atoms with E-state index in [0.717, 1.165) is 0 Å². The topological polar surface area (TPSA) is 94.8 Å². The predicted molar refractivity (Wildman–Crippen MR) is 105 cm³/mol. The lowest BCUT2D eigenvalue weighted by Gasteiger charge is -2.26. The highest BCUT2D eigenvalue weighted by molar-refractivity contribution is 7.12. The molecule has 8 heteroatoms. The van der Waals surface area contributed by atoms with Gasteiger partial charge in [0.05, 0.1) is 23.8 Å². The molecule has 1 fully saturated rings. The fourth-order valence-electron chi connectivity index (χ4n) is 3.12. The molecule has 28 heavy (non-hydrogen) atoms. The number of aliphatic imine (C=N–C) groups is 1. The van der Waals surface area contributed by atoms with Crippen LogP contribution in [0.1, 0.15) is 20.8 Å². The van der Waals surface area contributed by atoms with Crippen molar-refractivity contribution in [2.75, 3.05) is 26.3 Å². The molecule has 1 aromatic carbocycles. The molecule has 2 amide bonds. The highest BCUT2D eigenvalue weighted by Crippen LogP contribution is 2.31. The van der Waals surface area contributed by atoms with Crippen LogP contribution in [0.25, 0.3) is 5.70 Å². The maximum absolute atomic E-state index is 12.9. The zero-order valence-electron chi connectivity index (χ0n) is 14.8. The zero-order chi connectivity index (χ0) is 19.5. The number of carbonyl (C=O) groups excluding carboxylic acids is 2. The lowest BCUT2D eigenvalue weighted by molar-refractivity contribution is -0.130. The molecule has 2 aliphatic rings. The van der Waals surface area contributed by atoms with E-state index in [1.165, 1.54) is 11.3 Å². The Morgan fingerprint density at radius 3 is 2.57 bits per heavy atom. The molecule has 1 saturated heterocycles. The molecular weight excluding hydrogens is 376 g/mol. The highest BCUT2D eigenvalue weighted by atomic mass is 32.1. The maximum Gasteiger partial charge on any atom is 0.266 e. The molecule has 0 radical (unpaired) electrons. The van der Waals surface area contributed by atoms with Gasteiger partial charge in [0, 0.05) is 24.2 Å². The van der Waals surface area contributed by atoms with E-state index in [1.54, 1.807) is 23.1 Å². The fourth-order valence-corrected chi connectivity index (χ4v) is 3.74. The van der Waals surface area contributed by atoms with E-state index in [0.29, 0.717) is 48.1 Å². The van der Waals surface area contributed by atoms with Crippen molar-refractivity contribution in [2.45, 2.75) is 0 Å². The van der Waals surface area contributed by atoms with Gasteiger partial charge in [-0.05, 0) is 11.4 Å². The van der Waals surface area contributed by atoms with Gasteiger partial charge in [-0.1, -0.05) is 30.3 Å². The predicted octanol–water partition coefficient (Wildman–Crippen LogP) is 2.03. The van der Waals surface area contributed by atoms with Crippen LogP contribution in [0.3, 0.4) is 0 Å². The van der Waals surface area contributed by atoms with E-state index < -0.39 is 0 Å². The van der Waals surface area contributed by atoms with Gasteiger partial charge >= 0.3 is 0 Å². The first-order valence-corrected chi connectivity index (χ1v) is 9.61. The maximum atomic E-state index is 12.9. The number of thiophene rings is 1. The zero-order valence-corrected chi connectivity index (χ0v) is 15.7. The number of rotatable bonds is 2. The van der Waals surface area contributed by atoms with Gasteiger partial charge in [-0.15, -0.1) is 11.3 Å². The van der Waals surface area contributed by atoms with Crippen LogP contribution < -0.4 is 5.32 Å². The number of hydrogen-bond donors (Lipinski definition) is 1. The second kappa shape index (κ2) is 7.76. The molecule has 2 aromatic rings. The fraction of sp³-hybridized carbons (Fsp3) is 0.200. The molecule has 2 aliphatic heterocycles. The molecule has 3 heterocycles. The number of carbonyl (C=O) groups is 2. The SMILES string of the molecule is N#C/C(C(=O)N1CCOCC1)=C1\N=C(NC(=O)c2cccs2)c2ccccc21. The Hall–Kier alpha value is -3.28. The minimum absolute atomic E-state index is 0.0327. The molecular formula is C20H16N4O3S. The number of hydrogen-bond acceptors (Lipinski definition) is 6. The summed E-state index contributed by atoms with van der Waals surface area (Å²) in [5.74, 6) is -0.306. The van der Waals surface area contributed by atoms with Crippen molar-refractivity contribution in [3.63, 3.8) is 0 Å². The molecule has 0 atom stereocenters. The van der Waals surface area contributed by atoms with E-state index in [4.69, 9.17) is 4.74 Å². The van der Waals surface area contributed by atoms with Crippen LogP contribution >= 0.6 is 11.3 Å². The average Bonchev–Trinajstić information content (AvgIpc) is 3.39. The lowest BCUT2D eigenvalue weighted by Crippen LogP contribution is -2.41. The molecule has 140 valence electrons. The van der Waals surface area contributed by atoms with Crippen LogP contribution in [0.4, 0.5) is 0 Å². The summed E-state index contributed by atoms with van der Waals surface area (Å²) in [6.45, 7) is 1.76. The van der Waals surface area contributed by atoms with Crippen molar-refractivity contribution < 1.29 is 14.3 Å². The molecule has 0 spiro atoms. The third-order valence-electron chi connectivity index (χ3n) is 4.50.